The van der Waals surface area contributed by atoms with Gasteiger partial charge in [-0.3, -0.25) is 57.8 Å². The van der Waals surface area contributed by atoms with Gasteiger partial charge in [0.15, 0.2) is 12.1 Å². The molecule has 4 saturated carbocycles. The maximum absolute atomic E-state index is 12.8. The van der Waals surface area contributed by atoms with Gasteiger partial charge in [-0.2, -0.15) is 20.4 Å². The number of ether oxygens (including phenoxy) is 6. The van der Waals surface area contributed by atoms with Crippen molar-refractivity contribution in [2.75, 3.05) is 85.9 Å². The quantitative estimate of drug-likeness (QED) is 0.0260. The maximum atomic E-state index is 12.8. The molecular formula is C102H102N30O12. The minimum atomic E-state index is -0.696. The second-order valence-corrected chi connectivity index (χ2v) is 36.5. The predicted octanol–water partition coefficient (Wildman–Crippen LogP) is 11.2. The zero-order chi connectivity index (χ0) is 101. The van der Waals surface area contributed by atoms with Crippen LogP contribution in [0.25, 0.3) is 88.1 Å². The molecular weight excluding hydrogens is 1840 g/mol. The number of amides is 4. The van der Waals surface area contributed by atoms with Crippen molar-refractivity contribution in [1.82, 2.24) is 98.9 Å². The van der Waals surface area contributed by atoms with E-state index in [1.807, 2.05) is 154 Å². The Kier molecular flexibility index (Phi) is 26.6. The molecule has 16 aromatic rings. The highest BCUT2D eigenvalue weighted by Gasteiger charge is 2.48. The molecule has 22 rings (SSSR count). The van der Waals surface area contributed by atoms with Crippen LogP contribution in [0.15, 0.2) is 182 Å². The van der Waals surface area contributed by atoms with E-state index in [9.17, 15) is 28.8 Å². The number of carbonyl (C=O) groups is 6. The Morgan fingerprint density at radius 1 is 0.340 bits per heavy atom. The number of rotatable bonds is 24. The number of hydrogen-bond acceptors (Lipinski definition) is 34. The molecule has 42 heteroatoms. The van der Waals surface area contributed by atoms with Crippen LogP contribution in [0.2, 0.25) is 0 Å². The van der Waals surface area contributed by atoms with Gasteiger partial charge in [-0.05, 0) is 216 Å². The number of pyridine rings is 12. The minimum absolute atomic E-state index is 0.0354. The first-order valence-electron chi connectivity index (χ1n) is 46.3. The number of fused-ring (bicyclic) bond motifs is 4. The molecule has 0 aromatic carbocycles. The lowest BCUT2D eigenvalue weighted by Crippen LogP contribution is -2.21. The number of nitrogens with zero attached hydrogens (tertiary/aromatic N) is 22. The summed E-state index contributed by atoms with van der Waals surface area (Å²) in [5, 5.41) is 34.7. The number of aromatic nitrogens is 20. The third kappa shape index (κ3) is 20.8. The second kappa shape index (κ2) is 40.0. The number of nitrogens with one attached hydrogen (secondary N) is 4. The summed E-state index contributed by atoms with van der Waals surface area (Å²) < 4.78 is 37.9. The zero-order valence-corrected chi connectivity index (χ0v) is 80.6. The van der Waals surface area contributed by atoms with Gasteiger partial charge in [0, 0.05) is 184 Å². The smallest absolute Gasteiger partial charge is 0.334 e. The van der Waals surface area contributed by atoms with Crippen molar-refractivity contribution in [3.63, 3.8) is 0 Å². The molecule has 0 unspecified atom stereocenters. The zero-order valence-electron chi connectivity index (χ0n) is 80.6. The molecule has 0 saturated heterocycles. The number of aliphatic imine (C=N–C) groups is 2. The Labute approximate surface area is 823 Å². The molecule has 12 N–H and O–H groups in total. The number of aryl methyl sites for hydroxylation is 8. The van der Waals surface area contributed by atoms with Crippen molar-refractivity contribution in [1.29, 1.82) is 0 Å². The Bertz CT molecular complexity index is 7410. The molecule has 0 spiro atoms. The van der Waals surface area contributed by atoms with Crippen molar-refractivity contribution < 1.29 is 57.2 Å². The molecule has 732 valence electrons. The average Bonchev–Trinajstić information content (AvgIpc) is 1.66. The first-order chi connectivity index (χ1) is 69.4. The average molecular weight is 1940 g/mol. The molecule has 4 amide bonds. The van der Waals surface area contributed by atoms with Gasteiger partial charge in [-0.15, -0.1) is 0 Å². The molecule has 144 heavy (non-hydrogen) atoms. The Balaban J connectivity index is 0.000000122. The molecule has 6 aliphatic rings. The topological polar surface area (TPSA) is 561 Å². The first-order valence-corrected chi connectivity index (χ1v) is 46.3. The lowest BCUT2D eigenvalue weighted by atomic mass is 10.0. The summed E-state index contributed by atoms with van der Waals surface area (Å²) >= 11 is 0. The van der Waals surface area contributed by atoms with Gasteiger partial charge < -0.3 is 72.6 Å². The van der Waals surface area contributed by atoms with Gasteiger partial charge in [0.05, 0.1) is 86.4 Å². The summed E-state index contributed by atoms with van der Waals surface area (Å²) in [5.41, 5.74) is 41.9. The predicted molar refractivity (Wildman–Crippen MR) is 536 cm³/mol. The number of esters is 2. The van der Waals surface area contributed by atoms with E-state index in [0.29, 0.717) is 105 Å². The maximum Gasteiger partial charge on any atom is 0.334 e. The van der Waals surface area contributed by atoms with Gasteiger partial charge in [0.1, 0.15) is 71.1 Å². The van der Waals surface area contributed by atoms with Crippen LogP contribution >= 0.6 is 0 Å². The molecule has 4 fully saturated rings. The summed E-state index contributed by atoms with van der Waals surface area (Å²) in [5.74, 6) is 3.18. The van der Waals surface area contributed by atoms with Gasteiger partial charge in [-0.25, -0.2) is 59.4 Å². The molecule has 10 atom stereocenters. The molecule has 18 heterocycles. The number of nitrogen functional groups attached to an aromatic ring is 4. The van der Waals surface area contributed by atoms with Gasteiger partial charge >= 0.3 is 11.9 Å². The monoisotopic (exact) mass is 1940 g/mol. The molecule has 2 aliphatic heterocycles. The van der Waals surface area contributed by atoms with E-state index in [2.05, 4.69) is 111 Å². The van der Waals surface area contributed by atoms with E-state index in [0.717, 1.165) is 148 Å². The highest BCUT2D eigenvalue weighted by molar-refractivity contribution is 6.05. The number of anilines is 8. The lowest BCUT2D eigenvalue weighted by molar-refractivity contribution is -0.143. The standard InChI is InChI=1S/2C27H26N8O4.2C24H25N7O2/c2*1-13-4-21(26-33-22(12-39-26)27(37)38-3)29-9-18(13)20-5-14-6-23(30-10-19(14)24(28)32-20)34-25(36)17-7-16(17)15-8-31-35(2)11-15;2*1-13-4-16(12-33-3)26-9-19(13)21-5-14-6-22(27-10-20(14)23(25)29-21)30-24(32)18-7-17(18)15-8-28-31(2)11-15/h2*4-6,8-11,16-17,22H,7,12H2,1-3H3,(H2,28,32)(H,30,34,36);2*4-6,8-11,17-18H,7,12H2,1-3H3,(H2,25,29)(H,27,30,32)/t16-,17+,22+;16-,17+,22-;2*17-,18+/m1010/s1. The van der Waals surface area contributed by atoms with Gasteiger partial charge in [0.2, 0.25) is 35.4 Å². The first kappa shape index (κ1) is 95.5. The number of hydrogen-bond donors (Lipinski definition) is 8. The van der Waals surface area contributed by atoms with E-state index in [1.165, 1.54) is 14.2 Å². The fourth-order valence-electron chi connectivity index (χ4n) is 18.0. The fraction of sp³-hybridized carbons (Fsp3) is 0.294. The van der Waals surface area contributed by atoms with Crippen LogP contribution in [0, 0.1) is 51.4 Å². The van der Waals surface area contributed by atoms with Crippen LogP contribution in [0.5, 0.6) is 0 Å². The minimum Gasteiger partial charge on any atom is -0.473 e. The van der Waals surface area contributed by atoms with Crippen LogP contribution < -0.4 is 44.2 Å². The SMILES string of the molecule is COC(=O)[C@@H]1COC(c2cc(C)c(-c3cc4cc(NC(=O)[C@@H]5C[C@H]5c5cnn(C)c5)ncc4c(N)n3)cn2)=N1.COC(=O)[C@@H]1COC(c2cc(C)c(-c3cc4cc(NC(=O)[C@H]5C[C@@H]5c5cnn(C)c5)ncc4c(N)n3)cn2)=N1.COCc1cc(C)c(-c2cc3cc(NC(=O)[C@@H]4C[C@H]4c4cnn(C)c4)ncc3c(N)n2)cn1.COCc1cc(C)c(-c2cc3cc(NC(=O)[C@H]4C[C@@H]4c4cnn(C)c4)ncc3c(N)n2)cn1. The Morgan fingerprint density at radius 3 is 0.840 bits per heavy atom. The summed E-state index contributed by atoms with van der Waals surface area (Å²) in [6, 6.07) is 21.1. The van der Waals surface area contributed by atoms with E-state index in [1.54, 1.807) is 107 Å². The molecule has 0 radical (unpaired) electrons. The summed E-state index contributed by atoms with van der Waals surface area (Å²) in [4.78, 5) is 137. The molecule has 4 aliphatic carbocycles. The van der Waals surface area contributed by atoms with Crippen LogP contribution in [-0.4, -0.2) is 200 Å². The van der Waals surface area contributed by atoms with Crippen LogP contribution in [0.4, 0.5) is 46.5 Å². The summed E-state index contributed by atoms with van der Waals surface area (Å²) in [6.45, 7) is 8.98. The second-order valence-electron chi connectivity index (χ2n) is 36.5. The van der Waals surface area contributed by atoms with Gasteiger partial charge in [-0.1, -0.05) is 0 Å². The van der Waals surface area contributed by atoms with Crippen LogP contribution in [0.1, 0.15) is 117 Å². The normalized spacial score (nSPS) is 18.7. The summed E-state index contributed by atoms with van der Waals surface area (Å²) in [7, 11) is 13.4. The van der Waals surface area contributed by atoms with E-state index in [-0.39, 0.29) is 84.2 Å². The fourth-order valence-corrected chi connectivity index (χ4v) is 18.0. The Morgan fingerprint density at radius 2 is 0.604 bits per heavy atom. The van der Waals surface area contributed by atoms with Crippen molar-refractivity contribution in [3.8, 4) is 45.0 Å². The summed E-state index contributed by atoms with van der Waals surface area (Å²) in [6.07, 6.45) is 31.7. The van der Waals surface area contributed by atoms with Crippen molar-refractivity contribution >= 4 is 137 Å². The van der Waals surface area contributed by atoms with Gasteiger partial charge in [0.25, 0.3) is 0 Å². The van der Waals surface area contributed by atoms with E-state index < -0.39 is 24.0 Å². The lowest BCUT2D eigenvalue weighted by Gasteiger charge is -2.11. The van der Waals surface area contributed by atoms with Crippen molar-refractivity contribution in [2.45, 2.75) is 102 Å². The van der Waals surface area contributed by atoms with E-state index >= 15 is 0 Å². The number of carbonyl (C=O) groups excluding carboxylic acids is 6. The molecule has 42 nitrogen and oxygen atoms in total. The molecule has 16 aromatic heterocycles. The van der Waals surface area contributed by atoms with Crippen molar-refractivity contribution in [3.05, 3.63) is 239 Å². The Hall–Kier alpha value is -17.4. The highest BCUT2D eigenvalue weighted by atomic mass is 16.5. The van der Waals surface area contributed by atoms with Crippen molar-refractivity contribution in [2.24, 2.45) is 61.8 Å². The third-order valence-corrected chi connectivity index (χ3v) is 26.0. The number of nitrogens with two attached hydrogens (primary N) is 4. The van der Waals surface area contributed by atoms with E-state index in [4.69, 9.17) is 51.4 Å². The number of methoxy groups -OCH3 is 4. The largest absolute Gasteiger partial charge is 0.473 e. The van der Waals surface area contributed by atoms with Crippen LogP contribution in [0.3, 0.4) is 0 Å². The van der Waals surface area contributed by atoms with Crippen LogP contribution in [-0.2, 0) is 98.6 Å². The third-order valence-electron chi connectivity index (χ3n) is 26.0. The highest BCUT2D eigenvalue weighted by Crippen LogP contribution is 2.52. The molecule has 0 bridgehead atoms.